The van der Waals surface area contributed by atoms with Gasteiger partial charge in [0.25, 0.3) is 0 Å². The summed E-state index contributed by atoms with van der Waals surface area (Å²) in [7, 11) is 0. The van der Waals surface area contributed by atoms with Crippen LogP contribution in [0, 0.1) is 11.8 Å². The van der Waals surface area contributed by atoms with E-state index in [1.54, 1.807) is 6.07 Å². The van der Waals surface area contributed by atoms with Gasteiger partial charge >= 0.3 is 11.7 Å². The van der Waals surface area contributed by atoms with E-state index in [0.29, 0.717) is 12.5 Å². The summed E-state index contributed by atoms with van der Waals surface area (Å²) in [6, 6.07) is 1.57. The highest BCUT2D eigenvalue weighted by molar-refractivity contribution is 5.75. The third-order valence-electron chi connectivity index (χ3n) is 2.95. The van der Waals surface area contributed by atoms with Crippen LogP contribution in [0.3, 0.4) is 0 Å². The minimum absolute atomic E-state index is 0.0191. The number of carboxylic acids is 1. The number of nitrogens with one attached hydrogen (secondary N) is 1. The number of carbonyl (C=O) groups is 2. The van der Waals surface area contributed by atoms with Gasteiger partial charge in [0.05, 0.1) is 0 Å². The molecule has 1 unspecified atom stereocenters. The van der Waals surface area contributed by atoms with Crippen LogP contribution in [0.1, 0.15) is 26.7 Å². The molecule has 116 valence electrons. The fraction of sp³-hybridized carbons (Fsp3) is 0.571. The summed E-state index contributed by atoms with van der Waals surface area (Å²) >= 11 is 0. The molecular weight excluding hydrogens is 274 g/mol. The molecule has 0 aliphatic carbocycles. The molecular formula is C14H21N3O4. The quantitative estimate of drug-likeness (QED) is 0.727. The molecule has 0 bridgehead atoms. The zero-order chi connectivity index (χ0) is 15.8. The molecule has 1 atom stereocenters. The zero-order valence-electron chi connectivity index (χ0n) is 12.3. The molecule has 1 aromatic rings. The highest BCUT2D eigenvalue weighted by Gasteiger charge is 2.16. The molecule has 21 heavy (non-hydrogen) atoms. The van der Waals surface area contributed by atoms with Crippen LogP contribution in [0.25, 0.3) is 0 Å². The Hall–Kier alpha value is -2.18. The number of aromatic nitrogens is 2. The molecule has 1 rings (SSSR count). The van der Waals surface area contributed by atoms with E-state index in [9.17, 15) is 14.4 Å². The number of rotatable bonds is 8. The van der Waals surface area contributed by atoms with Gasteiger partial charge in [-0.25, -0.2) is 9.78 Å². The lowest BCUT2D eigenvalue weighted by Crippen LogP contribution is -2.36. The first-order valence-corrected chi connectivity index (χ1v) is 6.88. The van der Waals surface area contributed by atoms with E-state index in [-0.39, 0.29) is 24.8 Å². The van der Waals surface area contributed by atoms with Crippen LogP contribution in [0.15, 0.2) is 23.3 Å². The normalized spacial score (nSPS) is 12.1. The zero-order valence-corrected chi connectivity index (χ0v) is 12.3. The highest BCUT2D eigenvalue weighted by Crippen LogP contribution is 2.14. The van der Waals surface area contributed by atoms with E-state index in [1.807, 2.05) is 13.8 Å². The van der Waals surface area contributed by atoms with E-state index >= 15 is 0 Å². The van der Waals surface area contributed by atoms with Crippen molar-refractivity contribution in [2.24, 2.45) is 11.8 Å². The van der Waals surface area contributed by atoms with Gasteiger partial charge in [0.15, 0.2) is 0 Å². The second kappa shape index (κ2) is 8.18. The van der Waals surface area contributed by atoms with Crippen molar-refractivity contribution in [3.05, 3.63) is 28.9 Å². The summed E-state index contributed by atoms with van der Waals surface area (Å²) in [4.78, 5) is 37.5. The van der Waals surface area contributed by atoms with Crippen LogP contribution in [0.4, 0.5) is 0 Å². The van der Waals surface area contributed by atoms with Crippen LogP contribution in [-0.2, 0) is 16.1 Å². The van der Waals surface area contributed by atoms with Crippen molar-refractivity contribution in [2.75, 3.05) is 6.54 Å². The van der Waals surface area contributed by atoms with Crippen molar-refractivity contribution in [3.8, 4) is 0 Å². The number of carbonyl (C=O) groups excluding carboxylic acids is 1. The summed E-state index contributed by atoms with van der Waals surface area (Å²) in [5.41, 5.74) is -0.489. The molecule has 0 saturated carbocycles. The monoisotopic (exact) mass is 295 g/mol. The molecule has 7 nitrogen and oxygen atoms in total. The molecule has 0 aliphatic rings. The molecule has 0 spiro atoms. The Bertz CT molecular complexity index is 539. The van der Waals surface area contributed by atoms with Crippen molar-refractivity contribution in [3.63, 3.8) is 0 Å². The predicted molar refractivity (Wildman–Crippen MR) is 76.7 cm³/mol. The maximum absolute atomic E-state index is 11.8. The number of hydrogen-bond acceptors (Lipinski definition) is 4. The number of nitrogens with zero attached hydrogens (tertiary/aromatic N) is 2. The molecule has 7 heteroatoms. The first-order chi connectivity index (χ1) is 9.88. The van der Waals surface area contributed by atoms with E-state index in [0.717, 1.165) is 6.42 Å². The van der Waals surface area contributed by atoms with Crippen molar-refractivity contribution in [2.45, 2.75) is 33.2 Å². The molecule has 0 fully saturated rings. The Kier molecular flexibility index (Phi) is 6.58. The lowest BCUT2D eigenvalue weighted by atomic mass is 9.94. The van der Waals surface area contributed by atoms with Gasteiger partial charge in [-0.1, -0.05) is 13.8 Å². The second-order valence-corrected chi connectivity index (χ2v) is 5.43. The van der Waals surface area contributed by atoms with Crippen LogP contribution in [0.2, 0.25) is 0 Å². The Balaban J connectivity index is 2.51. The average molecular weight is 295 g/mol. The van der Waals surface area contributed by atoms with E-state index in [1.165, 1.54) is 17.0 Å². The van der Waals surface area contributed by atoms with Crippen molar-refractivity contribution < 1.29 is 14.7 Å². The van der Waals surface area contributed by atoms with Crippen LogP contribution in [0.5, 0.6) is 0 Å². The smallest absolute Gasteiger partial charge is 0.347 e. The van der Waals surface area contributed by atoms with Gasteiger partial charge in [-0.2, -0.15) is 0 Å². The number of amides is 1. The molecule has 0 aromatic carbocycles. The summed E-state index contributed by atoms with van der Waals surface area (Å²) < 4.78 is 1.20. The fourth-order valence-electron chi connectivity index (χ4n) is 2.13. The first kappa shape index (κ1) is 16.9. The standard InChI is InChI=1S/C14H21N3O4/c1-10(2)6-11(7-13(19)20)8-16-12(18)9-17-5-3-4-15-14(17)21/h3-5,10-11H,6-9H2,1-2H3,(H,16,18)(H,19,20). The van der Waals surface area contributed by atoms with Gasteiger partial charge < -0.3 is 10.4 Å². The van der Waals surface area contributed by atoms with Gasteiger partial charge in [-0.3, -0.25) is 14.2 Å². The predicted octanol–water partition coefficient (Wildman–Crippen LogP) is 0.497. The summed E-state index contributed by atoms with van der Waals surface area (Å²) in [6.07, 6.45) is 3.59. The van der Waals surface area contributed by atoms with Crippen LogP contribution in [-0.4, -0.2) is 33.1 Å². The summed E-state index contributed by atoms with van der Waals surface area (Å²) in [5.74, 6) is -0.966. The molecule has 0 saturated heterocycles. The summed E-state index contributed by atoms with van der Waals surface area (Å²) in [6.45, 7) is 4.18. The van der Waals surface area contributed by atoms with Crippen molar-refractivity contribution in [1.82, 2.24) is 14.9 Å². The topological polar surface area (TPSA) is 101 Å². The molecule has 1 aromatic heterocycles. The molecule has 1 heterocycles. The number of aliphatic carboxylic acids is 1. The average Bonchev–Trinajstić information content (AvgIpc) is 2.37. The molecule has 0 aliphatic heterocycles. The van der Waals surface area contributed by atoms with E-state index in [2.05, 4.69) is 10.3 Å². The fourth-order valence-corrected chi connectivity index (χ4v) is 2.13. The minimum Gasteiger partial charge on any atom is -0.481 e. The molecule has 1 amide bonds. The Labute approximate surface area is 123 Å². The van der Waals surface area contributed by atoms with E-state index in [4.69, 9.17) is 5.11 Å². The Morgan fingerprint density at radius 2 is 2.14 bits per heavy atom. The van der Waals surface area contributed by atoms with Crippen LogP contribution < -0.4 is 11.0 Å². The maximum atomic E-state index is 11.8. The SMILES string of the molecule is CC(C)CC(CNC(=O)Cn1cccnc1=O)CC(=O)O. The molecule has 2 N–H and O–H groups in total. The summed E-state index contributed by atoms with van der Waals surface area (Å²) in [5, 5.41) is 11.5. The second-order valence-electron chi connectivity index (χ2n) is 5.43. The molecule has 0 radical (unpaired) electrons. The van der Waals surface area contributed by atoms with Gasteiger partial charge in [-0.15, -0.1) is 0 Å². The number of carboxylic acid groups (broad SMARTS) is 1. The lowest BCUT2D eigenvalue weighted by Gasteiger charge is -2.17. The van der Waals surface area contributed by atoms with E-state index < -0.39 is 11.7 Å². The van der Waals surface area contributed by atoms with Crippen molar-refractivity contribution >= 4 is 11.9 Å². The van der Waals surface area contributed by atoms with Gasteiger partial charge in [-0.05, 0) is 24.3 Å². The van der Waals surface area contributed by atoms with Gasteiger partial charge in [0.1, 0.15) is 6.54 Å². The third-order valence-corrected chi connectivity index (χ3v) is 2.95. The lowest BCUT2D eigenvalue weighted by molar-refractivity contribution is -0.138. The first-order valence-electron chi connectivity index (χ1n) is 6.88. The maximum Gasteiger partial charge on any atom is 0.347 e. The van der Waals surface area contributed by atoms with Gasteiger partial charge in [0, 0.05) is 25.4 Å². The highest BCUT2D eigenvalue weighted by atomic mass is 16.4. The Morgan fingerprint density at radius 3 is 2.71 bits per heavy atom. The Morgan fingerprint density at radius 1 is 1.43 bits per heavy atom. The third kappa shape index (κ3) is 6.69. The largest absolute Gasteiger partial charge is 0.481 e. The van der Waals surface area contributed by atoms with Crippen LogP contribution >= 0.6 is 0 Å². The van der Waals surface area contributed by atoms with Gasteiger partial charge in [0.2, 0.25) is 5.91 Å². The van der Waals surface area contributed by atoms with Crippen molar-refractivity contribution in [1.29, 1.82) is 0 Å². The number of hydrogen-bond donors (Lipinski definition) is 2. The minimum atomic E-state index is -0.877.